The van der Waals surface area contributed by atoms with E-state index in [-0.39, 0.29) is 17.0 Å². The van der Waals surface area contributed by atoms with Crippen molar-refractivity contribution in [2.24, 2.45) is 0 Å². The Bertz CT molecular complexity index is 700. The van der Waals surface area contributed by atoms with E-state index in [1.54, 1.807) is 0 Å². The lowest BCUT2D eigenvalue weighted by atomic mass is 10.2. The van der Waals surface area contributed by atoms with Crippen molar-refractivity contribution in [3.05, 3.63) is 42.5 Å². The molecule has 0 saturated heterocycles. The highest BCUT2D eigenvalue weighted by Gasteiger charge is 2.20. The molecule has 0 spiro atoms. The molecule has 0 aromatic heterocycles. The zero-order chi connectivity index (χ0) is 18.2. The molecular formula is C16H22N2O5S. The van der Waals surface area contributed by atoms with Crippen LogP contribution in [-0.4, -0.2) is 39.5 Å². The van der Waals surface area contributed by atoms with Gasteiger partial charge in [0.15, 0.2) is 6.10 Å². The van der Waals surface area contributed by atoms with Crippen molar-refractivity contribution < 1.29 is 22.7 Å². The van der Waals surface area contributed by atoms with Crippen LogP contribution in [0.2, 0.25) is 0 Å². The molecule has 132 valence electrons. The van der Waals surface area contributed by atoms with Crippen LogP contribution in [0.15, 0.2) is 41.8 Å². The third-order valence-corrected chi connectivity index (χ3v) is 4.45. The van der Waals surface area contributed by atoms with Gasteiger partial charge in [-0.2, -0.15) is 0 Å². The van der Waals surface area contributed by atoms with Crippen molar-refractivity contribution >= 4 is 21.9 Å². The molecule has 8 heteroatoms. The van der Waals surface area contributed by atoms with Gasteiger partial charge in [-0.25, -0.2) is 17.9 Å². The summed E-state index contributed by atoms with van der Waals surface area (Å²) in [5.74, 6) is -1.24. The Kier molecular flexibility index (Phi) is 7.60. The lowest BCUT2D eigenvalue weighted by molar-refractivity contribution is -0.128. The average molecular weight is 354 g/mol. The molecule has 0 radical (unpaired) electrons. The van der Waals surface area contributed by atoms with Crippen molar-refractivity contribution in [3.63, 3.8) is 0 Å². The van der Waals surface area contributed by atoms with Crippen molar-refractivity contribution in [1.82, 2.24) is 10.0 Å². The number of carbonyl (C=O) groups is 2. The fourth-order valence-corrected chi connectivity index (χ4v) is 2.89. The molecule has 1 rings (SSSR count). The van der Waals surface area contributed by atoms with Crippen LogP contribution in [0.4, 0.5) is 0 Å². The molecule has 1 atom stereocenters. The first-order chi connectivity index (χ1) is 11.3. The summed E-state index contributed by atoms with van der Waals surface area (Å²) < 4.78 is 31.6. The fraction of sp³-hybridized carbons (Fsp3) is 0.375. The van der Waals surface area contributed by atoms with Gasteiger partial charge in [0.05, 0.1) is 10.5 Å². The first-order valence-corrected chi connectivity index (χ1v) is 8.99. The largest absolute Gasteiger partial charge is 0.449 e. The van der Waals surface area contributed by atoms with Gasteiger partial charge >= 0.3 is 5.97 Å². The molecule has 0 heterocycles. The number of esters is 1. The topological polar surface area (TPSA) is 102 Å². The lowest BCUT2D eigenvalue weighted by Gasteiger charge is -2.13. The van der Waals surface area contributed by atoms with Gasteiger partial charge in [0, 0.05) is 13.1 Å². The summed E-state index contributed by atoms with van der Waals surface area (Å²) in [6.45, 7) is 7.31. The molecule has 0 aliphatic heterocycles. The number of amides is 1. The minimum atomic E-state index is -3.68. The van der Waals surface area contributed by atoms with Gasteiger partial charge in [-0.3, -0.25) is 4.79 Å². The maximum atomic E-state index is 12.1. The first kappa shape index (κ1) is 19.9. The van der Waals surface area contributed by atoms with E-state index in [0.29, 0.717) is 13.0 Å². The Morgan fingerprint density at radius 1 is 1.38 bits per heavy atom. The van der Waals surface area contributed by atoms with Crippen LogP contribution in [0.3, 0.4) is 0 Å². The fourth-order valence-electron chi connectivity index (χ4n) is 1.71. The molecule has 0 unspecified atom stereocenters. The SMILES string of the molecule is C=CCNC(=O)[C@@H](C)OC(=O)c1cccc(S(=O)(=O)NCCC)c1. The Hall–Kier alpha value is -2.19. The molecule has 0 saturated carbocycles. The maximum absolute atomic E-state index is 12.1. The molecule has 1 aromatic carbocycles. The molecule has 0 aliphatic rings. The van der Waals surface area contributed by atoms with Gasteiger partial charge in [0.1, 0.15) is 0 Å². The number of sulfonamides is 1. The van der Waals surface area contributed by atoms with E-state index in [0.717, 1.165) is 0 Å². The summed E-state index contributed by atoms with van der Waals surface area (Å²) in [6, 6.07) is 5.47. The highest BCUT2D eigenvalue weighted by Crippen LogP contribution is 2.13. The highest BCUT2D eigenvalue weighted by atomic mass is 32.2. The highest BCUT2D eigenvalue weighted by molar-refractivity contribution is 7.89. The summed E-state index contributed by atoms with van der Waals surface area (Å²) in [7, 11) is -3.68. The van der Waals surface area contributed by atoms with Crippen LogP contribution in [0.1, 0.15) is 30.6 Å². The summed E-state index contributed by atoms with van der Waals surface area (Å²) in [4.78, 5) is 23.7. The summed E-state index contributed by atoms with van der Waals surface area (Å²) in [5, 5.41) is 2.51. The van der Waals surface area contributed by atoms with E-state index in [1.807, 2.05) is 6.92 Å². The molecular weight excluding hydrogens is 332 g/mol. The monoisotopic (exact) mass is 354 g/mol. The number of rotatable bonds is 9. The van der Waals surface area contributed by atoms with Crippen LogP contribution in [0, 0.1) is 0 Å². The predicted octanol–water partition coefficient (Wildman–Crippen LogP) is 1.22. The second-order valence-electron chi connectivity index (χ2n) is 5.01. The lowest BCUT2D eigenvalue weighted by Crippen LogP contribution is -2.35. The van der Waals surface area contributed by atoms with E-state index < -0.39 is 28.0 Å². The average Bonchev–Trinajstić information content (AvgIpc) is 2.57. The Balaban J connectivity index is 2.84. The Morgan fingerprint density at radius 3 is 2.71 bits per heavy atom. The van der Waals surface area contributed by atoms with Crippen molar-refractivity contribution in [1.29, 1.82) is 0 Å². The molecule has 0 aliphatic carbocycles. The summed E-state index contributed by atoms with van der Waals surface area (Å²) >= 11 is 0. The van der Waals surface area contributed by atoms with E-state index in [2.05, 4.69) is 16.6 Å². The summed E-state index contributed by atoms with van der Waals surface area (Å²) in [5.41, 5.74) is 0.0535. The predicted molar refractivity (Wildman–Crippen MR) is 90.0 cm³/mol. The van der Waals surface area contributed by atoms with E-state index >= 15 is 0 Å². The van der Waals surface area contributed by atoms with E-state index in [1.165, 1.54) is 37.3 Å². The van der Waals surface area contributed by atoms with Crippen LogP contribution >= 0.6 is 0 Å². The van der Waals surface area contributed by atoms with Gasteiger partial charge in [-0.1, -0.05) is 19.1 Å². The number of nitrogens with one attached hydrogen (secondary N) is 2. The van der Waals surface area contributed by atoms with E-state index in [4.69, 9.17) is 4.74 Å². The van der Waals surface area contributed by atoms with Crippen LogP contribution in [0.5, 0.6) is 0 Å². The third kappa shape index (κ3) is 5.78. The van der Waals surface area contributed by atoms with Crippen molar-refractivity contribution in [2.45, 2.75) is 31.3 Å². The zero-order valence-electron chi connectivity index (χ0n) is 13.7. The van der Waals surface area contributed by atoms with E-state index in [9.17, 15) is 18.0 Å². The van der Waals surface area contributed by atoms with Crippen LogP contribution in [0.25, 0.3) is 0 Å². The summed E-state index contributed by atoms with van der Waals surface area (Å²) in [6.07, 6.45) is 1.15. The molecule has 1 aromatic rings. The van der Waals surface area contributed by atoms with Crippen molar-refractivity contribution in [3.8, 4) is 0 Å². The maximum Gasteiger partial charge on any atom is 0.338 e. The first-order valence-electron chi connectivity index (χ1n) is 7.51. The van der Waals surface area contributed by atoms with Gasteiger partial charge in [-0.15, -0.1) is 6.58 Å². The number of ether oxygens (including phenoxy) is 1. The molecule has 1 amide bonds. The van der Waals surface area contributed by atoms with Gasteiger partial charge in [-0.05, 0) is 31.5 Å². The second-order valence-corrected chi connectivity index (χ2v) is 6.77. The number of hydrogen-bond acceptors (Lipinski definition) is 5. The number of hydrogen-bond donors (Lipinski definition) is 2. The van der Waals surface area contributed by atoms with Gasteiger partial charge in [0.2, 0.25) is 10.0 Å². The van der Waals surface area contributed by atoms with Gasteiger partial charge in [0.25, 0.3) is 5.91 Å². The molecule has 0 fully saturated rings. The second kappa shape index (κ2) is 9.19. The van der Waals surface area contributed by atoms with Crippen molar-refractivity contribution in [2.75, 3.05) is 13.1 Å². The minimum absolute atomic E-state index is 0.0332. The minimum Gasteiger partial charge on any atom is -0.449 e. The molecule has 0 bridgehead atoms. The normalized spacial score (nSPS) is 12.2. The van der Waals surface area contributed by atoms with Gasteiger partial charge < -0.3 is 10.1 Å². The molecule has 24 heavy (non-hydrogen) atoms. The Labute approximate surface area is 142 Å². The standard InChI is InChI=1S/C16H22N2O5S/c1-4-9-17-15(19)12(3)23-16(20)13-7-6-8-14(11-13)24(21,22)18-10-5-2/h4,6-8,11-12,18H,1,5,9-10H2,2-3H3,(H,17,19)/t12-/m1/s1. The number of benzene rings is 1. The smallest absolute Gasteiger partial charge is 0.338 e. The number of carbonyl (C=O) groups excluding carboxylic acids is 2. The van der Waals surface area contributed by atoms with Crippen LogP contribution < -0.4 is 10.0 Å². The third-order valence-electron chi connectivity index (χ3n) is 3.00. The molecule has 2 N–H and O–H groups in total. The molecule has 7 nitrogen and oxygen atoms in total. The zero-order valence-corrected chi connectivity index (χ0v) is 14.6. The van der Waals surface area contributed by atoms with Crippen LogP contribution in [-0.2, 0) is 19.6 Å². The Morgan fingerprint density at radius 2 is 2.08 bits per heavy atom. The quantitative estimate of drug-likeness (QED) is 0.513.